The molecule has 344 valence electrons. The second-order valence-electron chi connectivity index (χ2n) is 16.8. The summed E-state index contributed by atoms with van der Waals surface area (Å²) >= 11 is 0. The molecule has 12 aromatic carbocycles. The molecule has 0 aliphatic rings. The monoisotopic (exact) mass is 1130 g/mol. The topological polar surface area (TPSA) is 0 Å². The van der Waals surface area contributed by atoms with Crippen LogP contribution in [0.15, 0.2) is 255 Å². The third kappa shape index (κ3) is 13.5. The Kier molecular flexibility index (Phi) is 22.0. The van der Waals surface area contributed by atoms with Crippen LogP contribution in [0.25, 0.3) is 43.1 Å². The SMILES string of the molecule is Cc1ccc(C)c2[cH-]ccc12.Cc1ccc(C)c2[cH-]ccc12.[Cl-].[Cl-].[Zr+2].[Zr+2].c1ccc(P(c2ccccc2)c2cc3ccccc3[cH-]2)cc1.c1ccc(P(c2ccccc2)c2cc3ccccc3[cH-]2)cc1. The molecule has 0 aliphatic heterocycles. The van der Waals surface area contributed by atoms with Crippen LogP contribution in [-0.2, 0) is 52.4 Å². The van der Waals surface area contributed by atoms with Gasteiger partial charge in [-0.15, -0.1) is 138 Å². The molecule has 0 bridgehead atoms. The quantitative estimate of drug-likeness (QED) is 0.115. The van der Waals surface area contributed by atoms with Crippen LogP contribution in [0, 0.1) is 27.7 Å². The van der Waals surface area contributed by atoms with Crippen molar-refractivity contribution < 1.29 is 77.2 Å². The zero-order chi connectivity index (χ0) is 45.2. The molecule has 0 aromatic heterocycles. The number of rotatable bonds is 6. The summed E-state index contributed by atoms with van der Waals surface area (Å²) in [5.74, 6) is 0. The van der Waals surface area contributed by atoms with Gasteiger partial charge in [0.15, 0.2) is 0 Å². The summed E-state index contributed by atoms with van der Waals surface area (Å²) in [6.45, 7) is 8.62. The molecule has 0 aliphatic carbocycles. The van der Waals surface area contributed by atoms with Gasteiger partial charge in [0, 0.05) is 0 Å². The molecule has 12 rings (SSSR count). The summed E-state index contributed by atoms with van der Waals surface area (Å²) < 4.78 is 0. The summed E-state index contributed by atoms with van der Waals surface area (Å²) in [4.78, 5) is 0. The van der Waals surface area contributed by atoms with Gasteiger partial charge in [-0.2, -0.15) is 36.4 Å². The predicted molar refractivity (Wildman–Crippen MR) is 295 cm³/mol. The third-order valence-electron chi connectivity index (χ3n) is 12.3. The van der Waals surface area contributed by atoms with Crippen LogP contribution < -0.4 is 56.6 Å². The Hall–Kier alpha value is -4.59. The second kappa shape index (κ2) is 27.3. The Balaban J connectivity index is 0.000000179. The molecule has 0 saturated carbocycles. The van der Waals surface area contributed by atoms with Crippen LogP contribution in [0.5, 0.6) is 0 Å². The Bertz CT molecular complexity index is 2980. The van der Waals surface area contributed by atoms with Gasteiger partial charge >= 0.3 is 52.4 Å². The first-order valence-corrected chi connectivity index (χ1v) is 25.4. The van der Waals surface area contributed by atoms with E-state index in [9.17, 15) is 0 Å². The van der Waals surface area contributed by atoms with Crippen molar-refractivity contribution in [3.63, 3.8) is 0 Å². The van der Waals surface area contributed by atoms with E-state index in [1.807, 2.05) is 0 Å². The molecule has 0 fully saturated rings. The van der Waals surface area contributed by atoms with E-state index in [0.717, 1.165) is 0 Å². The first-order chi connectivity index (χ1) is 32.4. The molecule has 70 heavy (non-hydrogen) atoms. The minimum absolute atomic E-state index is 0. The zero-order valence-electron chi connectivity index (χ0n) is 39.9. The van der Waals surface area contributed by atoms with Crippen LogP contribution in [0.3, 0.4) is 0 Å². The fraction of sp³-hybridized carbons (Fsp3) is 0.0625. The summed E-state index contributed by atoms with van der Waals surface area (Å²) in [5, 5.41) is 19.4. The minimum Gasteiger partial charge on any atom is -1.00 e. The van der Waals surface area contributed by atoms with Gasteiger partial charge in [0.05, 0.1) is 0 Å². The van der Waals surface area contributed by atoms with E-state index in [1.165, 1.54) is 97.2 Å². The van der Waals surface area contributed by atoms with Gasteiger partial charge in [-0.3, -0.25) is 0 Å². The number of hydrogen-bond donors (Lipinski definition) is 0. The molecule has 0 saturated heterocycles. The number of hydrogen-bond acceptors (Lipinski definition) is 0. The van der Waals surface area contributed by atoms with Gasteiger partial charge in [0.1, 0.15) is 0 Å². The first-order valence-electron chi connectivity index (χ1n) is 22.8. The summed E-state index contributed by atoms with van der Waals surface area (Å²) in [5.41, 5.74) is 5.48. The maximum Gasteiger partial charge on any atom is 2.00 e. The van der Waals surface area contributed by atoms with Crippen LogP contribution in [0.1, 0.15) is 22.3 Å². The second-order valence-corrected chi connectivity index (χ2v) is 21.2. The molecule has 0 N–H and O–H groups in total. The Morgan fingerprint density at radius 2 is 0.600 bits per heavy atom. The molecule has 0 heterocycles. The Labute approximate surface area is 468 Å². The van der Waals surface area contributed by atoms with Gasteiger partial charge in [0.25, 0.3) is 0 Å². The Morgan fingerprint density at radius 1 is 0.314 bits per heavy atom. The van der Waals surface area contributed by atoms with Crippen molar-refractivity contribution >= 4 is 90.8 Å². The molecule has 6 heteroatoms. The predicted octanol–water partition coefficient (Wildman–Crippen LogP) is 8.99. The molecule has 0 unspecified atom stereocenters. The summed E-state index contributed by atoms with van der Waals surface area (Å²) in [6.07, 6.45) is 0. The maximum atomic E-state index is 2.35. The molecule has 12 aromatic rings. The van der Waals surface area contributed by atoms with Crippen molar-refractivity contribution in [1.29, 1.82) is 0 Å². The molecule has 0 atom stereocenters. The van der Waals surface area contributed by atoms with Crippen LogP contribution >= 0.6 is 15.8 Å². The van der Waals surface area contributed by atoms with E-state index in [4.69, 9.17) is 0 Å². The van der Waals surface area contributed by atoms with Gasteiger partial charge in [-0.05, 0) is 50.9 Å². The average Bonchev–Trinajstić information content (AvgIpc) is 4.21. The molecular formula is C64H54Cl2P2Zr2-2. The van der Waals surface area contributed by atoms with E-state index < -0.39 is 15.8 Å². The van der Waals surface area contributed by atoms with Crippen LogP contribution in [0.2, 0.25) is 0 Å². The smallest absolute Gasteiger partial charge is 1.00 e. The van der Waals surface area contributed by atoms with Crippen LogP contribution in [-0.4, -0.2) is 0 Å². The molecule has 0 nitrogen and oxygen atoms in total. The molecule has 0 spiro atoms. The molecule has 0 radical (unpaired) electrons. The first kappa shape index (κ1) is 56.3. The summed E-state index contributed by atoms with van der Waals surface area (Å²) in [6, 6.07) is 91.7. The van der Waals surface area contributed by atoms with Gasteiger partial charge in [0.2, 0.25) is 0 Å². The van der Waals surface area contributed by atoms with E-state index in [1.54, 1.807) is 0 Å². The third-order valence-corrected chi connectivity index (χ3v) is 17.1. The fourth-order valence-electron chi connectivity index (χ4n) is 8.80. The van der Waals surface area contributed by atoms with Crippen molar-refractivity contribution in [2.45, 2.75) is 27.7 Å². The average molecular weight is 1140 g/mol. The molecule has 0 amide bonds. The number of aryl methyl sites for hydroxylation is 4. The number of halogens is 2. The summed E-state index contributed by atoms with van der Waals surface area (Å²) in [7, 11) is -0.986. The number of fused-ring (bicyclic) bond motifs is 4. The maximum absolute atomic E-state index is 2.35. The van der Waals surface area contributed by atoms with E-state index in [0.29, 0.717) is 0 Å². The van der Waals surface area contributed by atoms with Crippen molar-refractivity contribution in [3.05, 3.63) is 277 Å². The fourth-order valence-corrected chi connectivity index (χ4v) is 13.5. The minimum atomic E-state index is -0.493. The Morgan fingerprint density at radius 3 is 0.900 bits per heavy atom. The van der Waals surface area contributed by atoms with Gasteiger partial charge in [-0.1, -0.05) is 171 Å². The zero-order valence-corrected chi connectivity index (χ0v) is 48.1. The van der Waals surface area contributed by atoms with Crippen molar-refractivity contribution in [2.24, 2.45) is 0 Å². The van der Waals surface area contributed by atoms with Crippen LogP contribution in [0.4, 0.5) is 0 Å². The number of benzene rings is 8. The van der Waals surface area contributed by atoms with Gasteiger partial charge < -0.3 is 24.8 Å². The van der Waals surface area contributed by atoms with E-state index in [-0.39, 0.29) is 77.2 Å². The van der Waals surface area contributed by atoms with E-state index in [2.05, 4.69) is 282 Å². The molecular weight excluding hydrogens is 1080 g/mol. The van der Waals surface area contributed by atoms with Crippen molar-refractivity contribution in [1.82, 2.24) is 0 Å². The van der Waals surface area contributed by atoms with E-state index >= 15 is 0 Å². The largest absolute Gasteiger partial charge is 2.00 e. The van der Waals surface area contributed by atoms with Crippen molar-refractivity contribution in [3.8, 4) is 0 Å². The standard InChI is InChI=1S/2C21H16P.2C11H11.2ClH.2Zr/c2*1-3-11-19(12-4-1)22(20-13-5-2-6-14-20)21-15-17-9-7-8-10-18(17)16-21;2*1-8-6-7-9(2)11-5-3-4-10(8)11;;;;/h2*1-16H;2*3-7H,1-2H3;2*1H;;/q4*-1;;;2*+2/p-2. The normalized spacial score (nSPS) is 10.4. The van der Waals surface area contributed by atoms with Gasteiger partial charge in [-0.25, -0.2) is 0 Å². The van der Waals surface area contributed by atoms with Crippen molar-refractivity contribution in [2.75, 3.05) is 0 Å².